The quantitative estimate of drug-likeness (QED) is 0.806. The predicted octanol–water partition coefficient (Wildman–Crippen LogP) is 2.92. The van der Waals surface area contributed by atoms with Crippen molar-refractivity contribution < 1.29 is 19.1 Å². The van der Waals surface area contributed by atoms with E-state index < -0.39 is 12.0 Å². The Morgan fingerprint density at radius 2 is 1.95 bits per heavy atom. The molecule has 2 aromatic rings. The fourth-order valence-corrected chi connectivity index (χ4v) is 1.97. The third kappa shape index (κ3) is 3.62. The van der Waals surface area contributed by atoms with Gasteiger partial charge in [0.2, 0.25) is 0 Å². The number of carboxylic acids is 1. The summed E-state index contributed by atoms with van der Waals surface area (Å²) in [5.74, 6) is 0.314. The molecule has 1 aromatic heterocycles. The van der Waals surface area contributed by atoms with Crippen LogP contribution in [-0.2, 0) is 6.54 Å². The van der Waals surface area contributed by atoms with Gasteiger partial charge in [-0.1, -0.05) is 12.1 Å². The van der Waals surface area contributed by atoms with Crippen LogP contribution in [0.5, 0.6) is 0 Å². The first-order valence-electron chi connectivity index (χ1n) is 6.40. The Labute approximate surface area is 121 Å². The van der Waals surface area contributed by atoms with Gasteiger partial charge in [0, 0.05) is 0 Å². The zero-order valence-corrected chi connectivity index (χ0v) is 11.8. The van der Waals surface area contributed by atoms with Crippen molar-refractivity contribution in [2.75, 3.05) is 5.32 Å². The number of carbonyl (C=O) groups excluding carboxylic acids is 1. The van der Waals surface area contributed by atoms with E-state index in [2.05, 4.69) is 10.6 Å². The van der Waals surface area contributed by atoms with Gasteiger partial charge >= 0.3 is 12.0 Å². The van der Waals surface area contributed by atoms with Gasteiger partial charge in [0.25, 0.3) is 0 Å². The summed E-state index contributed by atoms with van der Waals surface area (Å²) in [6.07, 6.45) is 0. The van der Waals surface area contributed by atoms with Crippen LogP contribution in [-0.4, -0.2) is 17.1 Å². The van der Waals surface area contributed by atoms with Crippen LogP contribution in [0.4, 0.5) is 10.5 Å². The minimum Gasteiger partial charge on any atom is -0.478 e. The van der Waals surface area contributed by atoms with Crippen LogP contribution in [0.25, 0.3) is 0 Å². The summed E-state index contributed by atoms with van der Waals surface area (Å²) >= 11 is 0. The van der Waals surface area contributed by atoms with Crippen LogP contribution in [0.15, 0.2) is 34.7 Å². The van der Waals surface area contributed by atoms with E-state index in [4.69, 9.17) is 4.42 Å². The number of aryl methyl sites for hydroxylation is 2. The van der Waals surface area contributed by atoms with Crippen molar-refractivity contribution >= 4 is 17.7 Å². The Morgan fingerprint density at radius 1 is 1.19 bits per heavy atom. The Morgan fingerprint density at radius 3 is 2.57 bits per heavy atom. The molecule has 0 radical (unpaired) electrons. The number of carboxylic acid groups (broad SMARTS) is 1. The van der Waals surface area contributed by atoms with Crippen LogP contribution in [0.3, 0.4) is 0 Å². The molecule has 0 bridgehead atoms. The largest absolute Gasteiger partial charge is 0.478 e. The lowest BCUT2D eigenvalue weighted by molar-refractivity contribution is 0.0697. The first-order chi connectivity index (χ1) is 9.97. The van der Waals surface area contributed by atoms with Crippen LogP contribution in [0.1, 0.15) is 27.4 Å². The van der Waals surface area contributed by atoms with Crippen LogP contribution in [0.2, 0.25) is 0 Å². The van der Waals surface area contributed by atoms with Crippen molar-refractivity contribution in [3.05, 3.63) is 53.0 Å². The number of carbonyl (C=O) groups is 2. The highest BCUT2D eigenvalue weighted by molar-refractivity contribution is 6.01. The van der Waals surface area contributed by atoms with Crippen molar-refractivity contribution in [3.63, 3.8) is 0 Å². The van der Waals surface area contributed by atoms with Gasteiger partial charge in [0.15, 0.2) is 0 Å². The van der Waals surface area contributed by atoms with Gasteiger partial charge in [-0.15, -0.1) is 0 Å². The fourth-order valence-electron chi connectivity index (χ4n) is 1.97. The number of benzene rings is 1. The molecule has 0 aliphatic rings. The van der Waals surface area contributed by atoms with E-state index in [0.717, 1.165) is 5.76 Å². The van der Waals surface area contributed by atoms with Crippen molar-refractivity contribution in [1.82, 2.24) is 5.32 Å². The third-order valence-electron chi connectivity index (χ3n) is 2.95. The molecule has 0 saturated heterocycles. The summed E-state index contributed by atoms with van der Waals surface area (Å²) in [6, 6.07) is 8.00. The molecule has 0 unspecified atom stereocenters. The molecular weight excluding hydrogens is 272 g/mol. The van der Waals surface area contributed by atoms with Gasteiger partial charge in [-0.05, 0) is 37.6 Å². The monoisotopic (exact) mass is 288 g/mol. The summed E-state index contributed by atoms with van der Waals surface area (Å²) in [4.78, 5) is 23.0. The van der Waals surface area contributed by atoms with E-state index in [1.807, 2.05) is 6.92 Å². The fraction of sp³-hybridized carbons (Fsp3) is 0.200. The SMILES string of the molecule is Cc1ccc(CNC(=O)Nc2cccc(C)c2C(=O)O)o1. The predicted molar refractivity (Wildman–Crippen MR) is 77.4 cm³/mol. The van der Waals surface area contributed by atoms with E-state index in [9.17, 15) is 14.7 Å². The molecule has 6 heteroatoms. The van der Waals surface area contributed by atoms with Gasteiger partial charge < -0.3 is 20.2 Å². The van der Waals surface area contributed by atoms with E-state index >= 15 is 0 Å². The van der Waals surface area contributed by atoms with E-state index in [1.54, 1.807) is 37.3 Å². The molecule has 110 valence electrons. The van der Waals surface area contributed by atoms with Gasteiger partial charge in [0.1, 0.15) is 11.5 Å². The normalized spacial score (nSPS) is 10.2. The number of hydrogen-bond acceptors (Lipinski definition) is 3. The van der Waals surface area contributed by atoms with E-state index in [0.29, 0.717) is 11.3 Å². The highest BCUT2D eigenvalue weighted by Gasteiger charge is 2.14. The number of rotatable bonds is 4. The van der Waals surface area contributed by atoms with E-state index in [-0.39, 0.29) is 17.8 Å². The minimum atomic E-state index is -1.08. The Hall–Kier alpha value is -2.76. The van der Waals surface area contributed by atoms with Crippen LogP contribution < -0.4 is 10.6 Å². The average molecular weight is 288 g/mol. The zero-order chi connectivity index (χ0) is 15.4. The smallest absolute Gasteiger partial charge is 0.338 e. The lowest BCUT2D eigenvalue weighted by Crippen LogP contribution is -2.28. The average Bonchev–Trinajstić information content (AvgIpc) is 2.82. The second-order valence-corrected chi connectivity index (χ2v) is 4.62. The Bertz CT molecular complexity index is 676. The molecule has 0 aliphatic heterocycles. The summed E-state index contributed by atoms with van der Waals surface area (Å²) < 4.78 is 5.33. The van der Waals surface area contributed by atoms with Crippen LogP contribution >= 0.6 is 0 Å². The molecule has 0 aliphatic carbocycles. The second-order valence-electron chi connectivity index (χ2n) is 4.62. The maximum Gasteiger partial charge on any atom is 0.338 e. The van der Waals surface area contributed by atoms with Crippen molar-refractivity contribution in [1.29, 1.82) is 0 Å². The molecule has 6 nitrogen and oxygen atoms in total. The molecule has 0 fully saturated rings. The molecule has 21 heavy (non-hydrogen) atoms. The molecule has 0 saturated carbocycles. The molecule has 3 N–H and O–H groups in total. The lowest BCUT2D eigenvalue weighted by Gasteiger charge is -2.11. The first-order valence-corrected chi connectivity index (χ1v) is 6.40. The summed E-state index contributed by atoms with van der Waals surface area (Å²) in [5.41, 5.74) is 0.930. The number of furan rings is 1. The number of urea groups is 1. The molecule has 1 heterocycles. The number of nitrogens with one attached hydrogen (secondary N) is 2. The first kappa shape index (κ1) is 14.6. The topological polar surface area (TPSA) is 91.6 Å². The molecule has 1 aromatic carbocycles. The van der Waals surface area contributed by atoms with Gasteiger partial charge in [-0.2, -0.15) is 0 Å². The second kappa shape index (κ2) is 6.13. The standard InChI is InChI=1S/C15H16N2O4/c1-9-4-3-5-12(13(9)14(18)19)17-15(20)16-8-11-7-6-10(2)21-11/h3-7H,8H2,1-2H3,(H,18,19)(H2,16,17,20). The third-order valence-corrected chi connectivity index (χ3v) is 2.95. The Balaban J connectivity index is 2.03. The highest BCUT2D eigenvalue weighted by atomic mass is 16.4. The number of hydrogen-bond donors (Lipinski definition) is 3. The van der Waals surface area contributed by atoms with Gasteiger partial charge in [0.05, 0.1) is 17.8 Å². The number of amides is 2. The van der Waals surface area contributed by atoms with Gasteiger partial charge in [-0.3, -0.25) is 0 Å². The van der Waals surface area contributed by atoms with Crippen molar-refractivity contribution in [3.8, 4) is 0 Å². The Kier molecular flexibility index (Phi) is 4.27. The highest BCUT2D eigenvalue weighted by Crippen LogP contribution is 2.19. The summed E-state index contributed by atoms with van der Waals surface area (Å²) in [5, 5.41) is 14.3. The van der Waals surface area contributed by atoms with Gasteiger partial charge in [-0.25, -0.2) is 9.59 Å². The lowest BCUT2D eigenvalue weighted by atomic mass is 10.1. The zero-order valence-electron chi connectivity index (χ0n) is 11.8. The van der Waals surface area contributed by atoms with Crippen molar-refractivity contribution in [2.45, 2.75) is 20.4 Å². The summed E-state index contributed by atoms with van der Waals surface area (Å²) in [6.45, 7) is 3.72. The number of aromatic carboxylic acids is 1. The minimum absolute atomic E-state index is 0.0847. The maximum atomic E-state index is 11.8. The van der Waals surface area contributed by atoms with E-state index in [1.165, 1.54) is 0 Å². The molecule has 0 spiro atoms. The van der Waals surface area contributed by atoms with Crippen LogP contribution in [0, 0.1) is 13.8 Å². The maximum absolute atomic E-state index is 11.8. The molecule has 2 amide bonds. The molecule has 0 atom stereocenters. The molecule has 2 rings (SSSR count). The van der Waals surface area contributed by atoms with Crippen molar-refractivity contribution in [2.24, 2.45) is 0 Å². The number of anilines is 1. The summed E-state index contributed by atoms with van der Waals surface area (Å²) in [7, 11) is 0. The molecular formula is C15H16N2O4.